The molecule has 0 N–H and O–H groups in total. The van der Waals surface area contributed by atoms with Gasteiger partial charge in [0.05, 0.1) is 9.85 Å². The van der Waals surface area contributed by atoms with Crippen LogP contribution in [0.25, 0.3) is 12.2 Å². The van der Waals surface area contributed by atoms with E-state index in [0.29, 0.717) is 35.1 Å². The summed E-state index contributed by atoms with van der Waals surface area (Å²) in [6.07, 6.45) is 6.24. The first-order valence-electron chi connectivity index (χ1n) is 8.89. The highest BCUT2D eigenvalue weighted by Gasteiger charge is 2.19. The van der Waals surface area contributed by atoms with E-state index in [-0.39, 0.29) is 17.2 Å². The lowest BCUT2D eigenvalue weighted by Crippen LogP contribution is -2.04. The van der Waals surface area contributed by atoms with Crippen molar-refractivity contribution >= 4 is 29.3 Å². The molecule has 0 spiro atoms. The Bertz CT molecular complexity index is 928. The molecule has 0 amide bonds. The number of nitro groups is 2. The minimum atomic E-state index is -0.468. The number of nitro benzene ring substituents is 2. The van der Waals surface area contributed by atoms with Gasteiger partial charge in [-0.2, -0.15) is 0 Å². The first-order chi connectivity index (χ1) is 13.4. The number of Topliss-reactive ketones (excluding diaryl/α,β-unsaturated/α-hetero) is 1. The highest BCUT2D eigenvalue weighted by atomic mass is 16.6. The normalized spacial score (nSPS) is 17.5. The molecule has 1 fully saturated rings. The molecule has 7 heteroatoms. The van der Waals surface area contributed by atoms with Crippen LogP contribution in [0.15, 0.2) is 59.7 Å². The van der Waals surface area contributed by atoms with E-state index in [4.69, 9.17) is 0 Å². The van der Waals surface area contributed by atoms with Crippen molar-refractivity contribution < 1.29 is 14.6 Å². The van der Waals surface area contributed by atoms with E-state index >= 15 is 0 Å². The number of hydrogen-bond donors (Lipinski definition) is 0. The summed E-state index contributed by atoms with van der Waals surface area (Å²) in [5, 5.41) is 21.9. The zero-order chi connectivity index (χ0) is 20.1. The second-order valence-electron chi connectivity index (χ2n) is 6.58. The number of non-ortho nitro benzene ring substituents is 2. The number of carbonyl (C=O) groups is 1. The molecule has 1 aliphatic carbocycles. The molecule has 2 aromatic rings. The van der Waals surface area contributed by atoms with Gasteiger partial charge in [-0.05, 0) is 49.0 Å². The Morgan fingerprint density at radius 3 is 1.57 bits per heavy atom. The van der Waals surface area contributed by atoms with Crippen LogP contribution in [0, 0.1) is 20.2 Å². The first-order valence-corrected chi connectivity index (χ1v) is 8.89. The van der Waals surface area contributed by atoms with Crippen LogP contribution in [0.4, 0.5) is 11.4 Å². The number of hydrogen-bond acceptors (Lipinski definition) is 5. The van der Waals surface area contributed by atoms with Gasteiger partial charge in [-0.15, -0.1) is 0 Å². The van der Waals surface area contributed by atoms with Gasteiger partial charge in [0.1, 0.15) is 0 Å². The maximum absolute atomic E-state index is 13.0. The summed E-state index contributed by atoms with van der Waals surface area (Å²) in [6.45, 7) is 0. The van der Waals surface area contributed by atoms with Gasteiger partial charge in [-0.1, -0.05) is 24.3 Å². The van der Waals surface area contributed by atoms with Gasteiger partial charge in [0, 0.05) is 35.4 Å². The molecule has 0 radical (unpaired) electrons. The predicted molar refractivity (Wildman–Crippen MR) is 106 cm³/mol. The Morgan fingerprint density at radius 2 is 1.18 bits per heavy atom. The fraction of sp³-hybridized carbons (Fsp3) is 0.190. The van der Waals surface area contributed by atoms with Crippen LogP contribution in [-0.4, -0.2) is 15.6 Å². The summed E-state index contributed by atoms with van der Waals surface area (Å²) < 4.78 is 0. The highest BCUT2D eigenvalue weighted by Crippen LogP contribution is 2.28. The predicted octanol–water partition coefficient (Wildman–Crippen LogP) is 5.11. The van der Waals surface area contributed by atoms with Crippen LogP contribution in [-0.2, 0) is 4.79 Å². The van der Waals surface area contributed by atoms with E-state index < -0.39 is 9.85 Å². The lowest BCUT2D eigenvalue weighted by molar-refractivity contribution is -0.385. The van der Waals surface area contributed by atoms with Gasteiger partial charge in [0.25, 0.3) is 11.4 Å². The van der Waals surface area contributed by atoms with Crippen molar-refractivity contribution in [3.63, 3.8) is 0 Å². The molecule has 0 aromatic heterocycles. The molecule has 0 heterocycles. The maximum Gasteiger partial charge on any atom is 0.270 e. The number of carbonyl (C=O) groups excluding carboxylic acids is 1. The lowest BCUT2D eigenvalue weighted by atomic mass is 9.97. The van der Waals surface area contributed by atoms with Gasteiger partial charge >= 0.3 is 0 Å². The van der Waals surface area contributed by atoms with E-state index in [0.717, 1.165) is 12.8 Å². The monoisotopic (exact) mass is 378 g/mol. The summed E-state index contributed by atoms with van der Waals surface area (Å²) in [7, 11) is 0. The number of benzene rings is 2. The van der Waals surface area contributed by atoms with Crippen molar-refractivity contribution in [3.05, 3.63) is 91.0 Å². The minimum Gasteiger partial charge on any atom is -0.289 e. The van der Waals surface area contributed by atoms with Crippen LogP contribution >= 0.6 is 0 Å². The molecule has 142 valence electrons. The largest absolute Gasteiger partial charge is 0.289 e. The number of ketones is 1. The van der Waals surface area contributed by atoms with Crippen LogP contribution < -0.4 is 0 Å². The highest BCUT2D eigenvalue weighted by molar-refractivity contribution is 6.13. The Hall–Kier alpha value is -3.61. The topological polar surface area (TPSA) is 103 Å². The van der Waals surface area contributed by atoms with Crippen molar-refractivity contribution in [1.82, 2.24) is 0 Å². The van der Waals surface area contributed by atoms with Crippen molar-refractivity contribution in [2.45, 2.75) is 25.7 Å². The van der Waals surface area contributed by atoms with Crippen molar-refractivity contribution in [2.24, 2.45) is 0 Å². The van der Waals surface area contributed by atoms with Gasteiger partial charge in [0.15, 0.2) is 5.78 Å². The number of rotatable bonds is 4. The molecule has 0 saturated heterocycles. The summed E-state index contributed by atoms with van der Waals surface area (Å²) in [6, 6.07) is 12.3. The van der Waals surface area contributed by atoms with Gasteiger partial charge in [-0.25, -0.2) is 0 Å². The van der Waals surface area contributed by atoms with Crippen molar-refractivity contribution in [3.8, 4) is 0 Å². The van der Waals surface area contributed by atoms with Crippen LogP contribution in [0.2, 0.25) is 0 Å². The molecule has 2 aromatic carbocycles. The molecule has 1 saturated carbocycles. The summed E-state index contributed by atoms with van der Waals surface area (Å²) in [4.78, 5) is 34.0. The fourth-order valence-corrected chi connectivity index (χ4v) is 3.20. The minimum absolute atomic E-state index is 0.0252. The second kappa shape index (κ2) is 8.39. The molecular formula is C21H18N2O5. The van der Waals surface area contributed by atoms with E-state index in [9.17, 15) is 25.0 Å². The Balaban J connectivity index is 1.94. The second-order valence-corrected chi connectivity index (χ2v) is 6.58. The quantitative estimate of drug-likeness (QED) is 0.318. The molecule has 0 atom stereocenters. The number of allylic oxidation sites excluding steroid dienone is 2. The molecule has 0 bridgehead atoms. The van der Waals surface area contributed by atoms with Gasteiger partial charge in [-0.3, -0.25) is 25.0 Å². The Morgan fingerprint density at radius 1 is 0.750 bits per heavy atom. The summed E-state index contributed by atoms with van der Waals surface area (Å²) in [5.41, 5.74) is 2.35. The average Bonchev–Trinajstić information content (AvgIpc) is 2.84. The molecule has 28 heavy (non-hydrogen) atoms. The van der Waals surface area contributed by atoms with E-state index in [2.05, 4.69) is 0 Å². The Kier molecular flexibility index (Phi) is 5.74. The van der Waals surface area contributed by atoms with Crippen LogP contribution in [0.3, 0.4) is 0 Å². The third-order valence-corrected chi connectivity index (χ3v) is 4.57. The Labute approximate surface area is 161 Å². The maximum atomic E-state index is 13.0. The van der Waals surface area contributed by atoms with Crippen molar-refractivity contribution in [1.29, 1.82) is 0 Å². The zero-order valence-corrected chi connectivity index (χ0v) is 15.0. The standard InChI is InChI=1S/C21H18N2O5/c24-21-17(11-15-5-3-9-19(13-15)22(25)26)7-1-2-8-18(21)12-16-6-4-10-20(14-16)23(27)28/h3-6,9-14H,1-2,7-8H2/b17-11+,18-12+. The fourth-order valence-electron chi connectivity index (χ4n) is 3.20. The molecule has 1 aliphatic rings. The molecular weight excluding hydrogens is 360 g/mol. The van der Waals surface area contributed by atoms with E-state index in [1.54, 1.807) is 36.4 Å². The lowest BCUT2D eigenvalue weighted by Gasteiger charge is -2.06. The third-order valence-electron chi connectivity index (χ3n) is 4.57. The number of nitrogens with zero attached hydrogens (tertiary/aromatic N) is 2. The van der Waals surface area contributed by atoms with E-state index in [1.807, 2.05) is 0 Å². The van der Waals surface area contributed by atoms with E-state index in [1.165, 1.54) is 24.3 Å². The first kappa shape index (κ1) is 19.2. The molecule has 0 unspecified atom stereocenters. The SMILES string of the molecule is O=C1/C(=C/c2cccc([N+](=O)[O-])c2)CCCC/C1=C\c1cccc([N+](=O)[O-])c1. The van der Waals surface area contributed by atoms with Gasteiger partial charge < -0.3 is 0 Å². The molecule has 7 nitrogen and oxygen atoms in total. The zero-order valence-electron chi connectivity index (χ0n) is 15.0. The average molecular weight is 378 g/mol. The smallest absolute Gasteiger partial charge is 0.270 e. The molecule has 3 rings (SSSR count). The van der Waals surface area contributed by atoms with Crippen LogP contribution in [0.5, 0.6) is 0 Å². The van der Waals surface area contributed by atoms with Crippen LogP contribution in [0.1, 0.15) is 36.8 Å². The molecule has 0 aliphatic heterocycles. The van der Waals surface area contributed by atoms with Crippen molar-refractivity contribution in [2.75, 3.05) is 0 Å². The van der Waals surface area contributed by atoms with Gasteiger partial charge in [0.2, 0.25) is 0 Å². The third kappa shape index (κ3) is 4.56. The summed E-state index contributed by atoms with van der Waals surface area (Å²) >= 11 is 0. The summed E-state index contributed by atoms with van der Waals surface area (Å²) in [5.74, 6) is -0.115.